The van der Waals surface area contributed by atoms with Gasteiger partial charge in [-0.3, -0.25) is 9.59 Å². The number of benzene rings is 3. The molecule has 0 bridgehead atoms. The topological polar surface area (TPSA) is 112 Å². The summed E-state index contributed by atoms with van der Waals surface area (Å²) in [6, 6.07) is 20.6. The van der Waals surface area contributed by atoms with Gasteiger partial charge in [-0.2, -0.15) is 0 Å². The molecule has 3 aromatic carbocycles. The molecule has 0 spiro atoms. The fourth-order valence-corrected chi connectivity index (χ4v) is 4.00. The van der Waals surface area contributed by atoms with Crippen LogP contribution in [0.25, 0.3) is 22.4 Å². The Morgan fingerprint density at radius 1 is 0.972 bits per heavy atom. The molecule has 0 aliphatic carbocycles. The maximum absolute atomic E-state index is 13.3. The number of aryl methyl sites for hydroxylation is 1. The Morgan fingerprint density at radius 2 is 1.64 bits per heavy atom. The number of nitrogens with one attached hydrogen (secondary N) is 2. The van der Waals surface area contributed by atoms with E-state index < -0.39 is 17.9 Å². The molecule has 2 amide bonds. The number of hydrogen-bond acceptors (Lipinski definition) is 6. The van der Waals surface area contributed by atoms with E-state index in [1.807, 2.05) is 48.0 Å². The Morgan fingerprint density at radius 3 is 2.28 bits per heavy atom. The van der Waals surface area contributed by atoms with Crippen LogP contribution in [0.2, 0.25) is 0 Å². The number of carbonyl (C=O) groups excluding carboxylic acids is 3. The minimum Gasteiger partial charge on any atom is -0.467 e. The molecule has 1 atom stereocenters. The number of anilines is 1. The van der Waals surface area contributed by atoms with Crippen molar-refractivity contribution in [3.63, 3.8) is 0 Å². The van der Waals surface area contributed by atoms with Gasteiger partial charge in [0.1, 0.15) is 12.4 Å². The van der Waals surface area contributed by atoms with Crippen molar-refractivity contribution in [2.45, 2.75) is 6.04 Å². The van der Waals surface area contributed by atoms with Gasteiger partial charge >= 0.3 is 5.97 Å². The van der Waals surface area contributed by atoms with Crippen molar-refractivity contribution in [1.29, 1.82) is 0 Å². The molecule has 0 saturated carbocycles. The molecule has 0 unspecified atom stereocenters. The molecular formula is C27H26N4O5. The molecule has 0 aliphatic rings. The van der Waals surface area contributed by atoms with Crippen LogP contribution in [0.4, 0.5) is 5.69 Å². The summed E-state index contributed by atoms with van der Waals surface area (Å²) in [5.41, 5.74) is 3.22. The lowest BCUT2D eigenvalue weighted by Crippen LogP contribution is -2.34. The molecular weight excluding hydrogens is 460 g/mol. The summed E-state index contributed by atoms with van der Waals surface area (Å²) in [5.74, 6) is -0.837. The highest BCUT2D eigenvalue weighted by atomic mass is 16.5. The van der Waals surface area contributed by atoms with Crippen molar-refractivity contribution < 1.29 is 23.9 Å². The van der Waals surface area contributed by atoms with Crippen molar-refractivity contribution in [2.24, 2.45) is 7.05 Å². The van der Waals surface area contributed by atoms with Crippen LogP contribution in [0.15, 0.2) is 72.8 Å². The number of esters is 1. The molecule has 2 N–H and O–H groups in total. The van der Waals surface area contributed by atoms with Gasteiger partial charge in [0.05, 0.1) is 23.8 Å². The summed E-state index contributed by atoms with van der Waals surface area (Å²) in [4.78, 5) is 42.9. The van der Waals surface area contributed by atoms with Crippen LogP contribution in [0.5, 0.6) is 0 Å². The van der Waals surface area contributed by atoms with Crippen molar-refractivity contribution in [1.82, 2.24) is 14.9 Å². The van der Waals surface area contributed by atoms with E-state index in [1.165, 1.54) is 14.2 Å². The summed E-state index contributed by atoms with van der Waals surface area (Å²) in [6.07, 6.45) is 0. The van der Waals surface area contributed by atoms with Crippen LogP contribution in [0.1, 0.15) is 22.0 Å². The second kappa shape index (κ2) is 10.8. The third kappa shape index (κ3) is 5.11. The third-order valence-electron chi connectivity index (χ3n) is 5.66. The first kappa shape index (κ1) is 24.6. The average molecular weight is 487 g/mol. The van der Waals surface area contributed by atoms with E-state index >= 15 is 0 Å². The van der Waals surface area contributed by atoms with E-state index in [2.05, 4.69) is 10.6 Å². The molecule has 4 aromatic rings. The van der Waals surface area contributed by atoms with Gasteiger partial charge in [-0.15, -0.1) is 0 Å². The number of amides is 2. The number of imidazole rings is 1. The van der Waals surface area contributed by atoms with E-state index in [-0.39, 0.29) is 18.1 Å². The van der Waals surface area contributed by atoms with Gasteiger partial charge in [0.25, 0.3) is 5.91 Å². The molecule has 0 saturated heterocycles. The summed E-state index contributed by atoms with van der Waals surface area (Å²) < 4.78 is 11.7. The fraction of sp³-hybridized carbons (Fsp3) is 0.185. The number of ether oxygens (including phenoxy) is 2. The fourth-order valence-electron chi connectivity index (χ4n) is 4.00. The lowest BCUT2D eigenvalue weighted by Gasteiger charge is -2.17. The quantitative estimate of drug-likeness (QED) is 0.369. The van der Waals surface area contributed by atoms with Crippen LogP contribution in [0, 0.1) is 0 Å². The maximum Gasteiger partial charge on any atom is 0.333 e. The van der Waals surface area contributed by atoms with E-state index in [0.717, 1.165) is 5.56 Å². The molecule has 0 radical (unpaired) electrons. The van der Waals surface area contributed by atoms with Crippen LogP contribution in [-0.2, 0) is 26.1 Å². The van der Waals surface area contributed by atoms with Crippen LogP contribution in [0.3, 0.4) is 0 Å². The lowest BCUT2D eigenvalue weighted by atomic mass is 10.1. The van der Waals surface area contributed by atoms with E-state index in [1.54, 1.807) is 36.4 Å². The van der Waals surface area contributed by atoms with Crippen molar-refractivity contribution in [3.05, 3.63) is 83.9 Å². The Balaban J connectivity index is 1.78. The highest BCUT2D eigenvalue weighted by molar-refractivity contribution is 6.07. The number of carbonyl (C=O) groups is 3. The number of nitrogens with zero attached hydrogens (tertiary/aromatic N) is 2. The maximum atomic E-state index is 13.3. The summed E-state index contributed by atoms with van der Waals surface area (Å²) in [5, 5.41) is 5.55. The van der Waals surface area contributed by atoms with E-state index in [9.17, 15) is 14.4 Å². The molecule has 0 fully saturated rings. The van der Waals surface area contributed by atoms with Crippen LogP contribution < -0.4 is 10.6 Å². The minimum atomic E-state index is -1.01. The second-order valence-corrected chi connectivity index (χ2v) is 8.07. The SMILES string of the molecule is COCC(=O)Nc1cc(C(=O)N[C@H](C(=O)OC)c2ccccc2)cc2nc(-c3ccccc3)n(C)c12. The van der Waals surface area contributed by atoms with Crippen molar-refractivity contribution >= 4 is 34.5 Å². The molecule has 9 nitrogen and oxygen atoms in total. The molecule has 0 aliphatic heterocycles. The number of rotatable bonds is 8. The predicted octanol–water partition coefficient (Wildman–Crippen LogP) is 3.47. The predicted molar refractivity (Wildman–Crippen MR) is 135 cm³/mol. The van der Waals surface area contributed by atoms with E-state index in [0.29, 0.717) is 28.1 Å². The zero-order chi connectivity index (χ0) is 25.7. The molecule has 184 valence electrons. The van der Waals surface area contributed by atoms with Gasteiger partial charge in [0.15, 0.2) is 6.04 Å². The Bertz CT molecular complexity index is 1400. The Labute approximate surface area is 208 Å². The zero-order valence-electron chi connectivity index (χ0n) is 20.1. The summed E-state index contributed by atoms with van der Waals surface area (Å²) in [7, 11) is 4.53. The highest BCUT2D eigenvalue weighted by Gasteiger charge is 2.25. The normalized spacial score (nSPS) is 11.6. The largest absolute Gasteiger partial charge is 0.467 e. The van der Waals surface area contributed by atoms with Gasteiger partial charge < -0.3 is 24.7 Å². The molecule has 9 heteroatoms. The first-order chi connectivity index (χ1) is 17.4. The van der Waals surface area contributed by atoms with Crippen LogP contribution >= 0.6 is 0 Å². The summed E-state index contributed by atoms with van der Waals surface area (Å²) >= 11 is 0. The third-order valence-corrected chi connectivity index (χ3v) is 5.66. The molecule has 4 rings (SSSR count). The number of hydrogen-bond donors (Lipinski definition) is 2. The number of fused-ring (bicyclic) bond motifs is 1. The van der Waals surface area contributed by atoms with Crippen molar-refractivity contribution in [2.75, 3.05) is 26.1 Å². The van der Waals surface area contributed by atoms with Gasteiger partial charge in [0.2, 0.25) is 5.91 Å². The first-order valence-electron chi connectivity index (χ1n) is 11.2. The zero-order valence-corrected chi connectivity index (χ0v) is 20.1. The van der Waals surface area contributed by atoms with Gasteiger partial charge in [-0.05, 0) is 17.7 Å². The smallest absolute Gasteiger partial charge is 0.333 e. The van der Waals surface area contributed by atoms with Gasteiger partial charge in [0, 0.05) is 25.3 Å². The van der Waals surface area contributed by atoms with Crippen molar-refractivity contribution in [3.8, 4) is 11.4 Å². The molecule has 1 aromatic heterocycles. The Hall–Kier alpha value is -4.50. The highest BCUT2D eigenvalue weighted by Crippen LogP contribution is 2.30. The number of aromatic nitrogens is 2. The monoisotopic (exact) mass is 486 g/mol. The van der Waals surface area contributed by atoms with Gasteiger partial charge in [-0.25, -0.2) is 9.78 Å². The van der Waals surface area contributed by atoms with E-state index in [4.69, 9.17) is 14.5 Å². The number of methoxy groups -OCH3 is 2. The Kier molecular flexibility index (Phi) is 7.41. The molecule has 36 heavy (non-hydrogen) atoms. The second-order valence-electron chi connectivity index (χ2n) is 8.07. The van der Waals surface area contributed by atoms with Crippen LogP contribution in [-0.4, -0.2) is 48.2 Å². The standard InChI is InChI=1S/C27H26N4O5/c1-31-24-20(28-22(32)16-35-2)14-19(15-21(24)29-25(31)18-12-8-5-9-13-18)26(33)30-23(27(34)36-3)17-10-6-4-7-11-17/h4-15,23H,16H2,1-3H3,(H,28,32)(H,30,33)/t23-/m0/s1. The minimum absolute atomic E-state index is 0.153. The lowest BCUT2D eigenvalue weighted by molar-refractivity contribution is -0.143. The summed E-state index contributed by atoms with van der Waals surface area (Å²) in [6.45, 7) is -0.153. The average Bonchev–Trinajstić information content (AvgIpc) is 3.24. The van der Waals surface area contributed by atoms with Gasteiger partial charge in [-0.1, -0.05) is 60.7 Å². The molecule has 1 heterocycles. The first-order valence-corrected chi connectivity index (χ1v) is 11.2.